The summed E-state index contributed by atoms with van der Waals surface area (Å²) in [4.78, 5) is 16.6. The van der Waals surface area contributed by atoms with Crippen LogP contribution in [0.1, 0.15) is 56.9 Å². The molecule has 0 N–H and O–H groups in total. The molecule has 5 rings (SSSR count). The molecule has 0 bridgehead atoms. The van der Waals surface area contributed by atoms with Gasteiger partial charge in [-0.3, -0.25) is 4.79 Å². The van der Waals surface area contributed by atoms with E-state index in [0.717, 1.165) is 25.7 Å². The number of benzene rings is 1. The number of hydrogen-bond acceptors (Lipinski definition) is 3. The van der Waals surface area contributed by atoms with Crippen LogP contribution in [-0.4, -0.2) is 66.9 Å². The number of amides is 1. The molecule has 4 aliphatic rings. The first-order chi connectivity index (χ1) is 17.7. The highest BCUT2D eigenvalue weighted by Crippen LogP contribution is 2.53. The van der Waals surface area contributed by atoms with Gasteiger partial charge in [0.2, 0.25) is 5.67 Å². The van der Waals surface area contributed by atoms with Gasteiger partial charge in [0.05, 0.1) is 12.0 Å². The number of nitrogens with zero attached hydrogens (tertiary/aromatic N) is 2. The molecule has 1 amide bonds. The van der Waals surface area contributed by atoms with Gasteiger partial charge >= 0.3 is 6.18 Å². The second-order valence-electron chi connectivity index (χ2n) is 11.2. The fraction of sp³-hybridized carbons (Fsp3) is 0.621. The maximum absolute atomic E-state index is 16.1. The van der Waals surface area contributed by atoms with E-state index >= 15 is 4.39 Å². The molecule has 2 saturated heterocycles. The number of carbonyl (C=O) groups is 1. The zero-order chi connectivity index (χ0) is 26.1. The highest BCUT2D eigenvalue weighted by Gasteiger charge is 2.58. The number of alkyl halides is 4. The fourth-order valence-corrected chi connectivity index (χ4v) is 6.15. The Balaban J connectivity index is 1.13. The largest absolute Gasteiger partial charge is 0.493 e. The average molecular weight is 521 g/mol. The first-order valence-corrected chi connectivity index (χ1v) is 13.6. The summed E-state index contributed by atoms with van der Waals surface area (Å²) < 4.78 is 62.6. The first-order valence-electron chi connectivity index (χ1n) is 13.6. The van der Waals surface area contributed by atoms with E-state index in [1.54, 1.807) is 47.4 Å². The van der Waals surface area contributed by atoms with Crippen molar-refractivity contribution in [3.8, 4) is 5.75 Å². The smallest absolute Gasteiger partial charge is 0.395 e. The Hall–Kier alpha value is -2.35. The minimum atomic E-state index is -4.12. The van der Waals surface area contributed by atoms with E-state index in [1.165, 1.54) is 0 Å². The van der Waals surface area contributed by atoms with Crippen molar-refractivity contribution in [3.63, 3.8) is 0 Å². The maximum Gasteiger partial charge on any atom is 0.395 e. The van der Waals surface area contributed by atoms with Gasteiger partial charge in [-0.15, -0.1) is 0 Å². The molecule has 0 spiro atoms. The van der Waals surface area contributed by atoms with Crippen LogP contribution < -0.4 is 4.74 Å². The van der Waals surface area contributed by atoms with E-state index in [1.807, 2.05) is 4.90 Å². The molecule has 1 aromatic carbocycles. The lowest BCUT2D eigenvalue weighted by Gasteiger charge is -2.47. The molecule has 0 aromatic heterocycles. The summed E-state index contributed by atoms with van der Waals surface area (Å²) in [6.07, 6.45) is 5.72. The molecular weight excluding hydrogens is 484 g/mol. The second kappa shape index (κ2) is 10.4. The lowest BCUT2D eigenvalue weighted by molar-refractivity contribution is -0.256. The number of allylic oxidation sites excluding steroid dienone is 3. The zero-order valence-electron chi connectivity index (χ0n) is 21.2. The molecule has 4 nitrogen and oxygen atoms in total. The van der Waals surface area contributed by atoms with Gasteiger partial charge in [-0.1, -0.05) is 36.8 Å². The summed E-state index contributed by atoms with van der Waals surface area (Å²) in [6.45, 7) is 3.16. The van der Waals surface area contributed by atoms with Crippen LogP contribution in [0.5, 0.6) is 5.75 Å². The van der Waals surface area contributed by atoms with Gasteiger partial charge in [-0.05, 0) is 75.2 Å². The van der Waals surface area contributed by atoms with Crippen LogP contribution in [0, 0.1) is 11.3 Å². The Labute approximate surface area is 216 Å². The number of likely N-dealkylation sites (tertiary alicyclic amines) is 2. The SMILES string of the molecule is O=C(N1CCCC1)[C@]1(F)CC=CC=C1c1ccc(OCC2CCN(CC3(C(F)(F)F)CCC3)CC2)cc1. The highest BCUT2D eigenvalue weighted by atomic mass is 19.4. The number of hydrogen-bond donors (Lipinski definition) is 0. The van der Waals surface area contributed by atoms with Crippen molar-refractivity contribution >= 4 is 11.5 Å². The minimum Gasteiger partial charge on any atom is -0.493 e. The van der Waals surface area contributed by atoms with Crippen LogP contribution >= 0.6 is 0 Å². The molecule has 1 saturated carbocycles. The van der Waals surface area contributed by atoms with Crippen molar-refractivity contribution in [1.82, 2.24) is 9.80 Å². The van der Waals surface area contributed by atoms with E-state index in [9.17, 15) is 18.0 Å². The van der Waals surface area contributed by atoms with Crippen LogP contribution in [0.25, 0.3) is 5.57 Å². The van der Waals surface area contributed by atoms with Gasteiger partial charge in [-0.25, -0.2) is 4.39 Å². The quantitative estimate of drug-likeness (QED) is 0.403. The van der Waals surface area contributed by atoms with Gasteiger partial charge in [0.1, 0.15) is 5.75 Å². The first kappa shape index (κ1) is 26.3. The van der Waals surface area contributed by atoms with Crippen molar-refractivity contribution < 1.29 is 27.1 Å². The van der Waals surface area contributed by atoms with Gasteiger partial charge in [-0.2, -0.15) is 13.2 Å². The molecule has 0 unspecified atom stereocenters. The lowest BCUT2D eigenvalue weighted by Crippen LogP contribution is -2.53. The topological polar surface area (TPSA) is 32.8 Å². The van der Waals surface area contributed by atoms with Crippen molar-refractivity contribution in [3.05, 3.63) is 48.1 Å². The summed E-state index contributed by atoms with van der Waals surface area (Å²) in [5.74, 6) is 0.506. The molecule has 2 aliphatic carbocycles. The Morgan fingerprint density at radius 1 is 1.00 bits per heavy atom. The third-order valence-electron chi connectivity index (χ3n) is 8.75. The molecule has 37 heavy (non-hydrogen) atoms. The van der Waals surface area contributed by atoms with Crippen LogP contribution in [0.2, 0.25) is 0 Å². The van der Waals surface area contributed by atoms with Gasteiger partial charge in [0.25, 0.3) is 5.91 Å². The number of halogens is 4. The molecule has 2 aliphatic heterocycles. The number of ether oxygens (including phenoxy) is 1. The monoisotopic (exact) mass is 520 g/mol. The third kappa shape index (κ3) is 5.31. The van der Waals surface area contributed by atoms with Crippen molar-refractivity contribution in [2.75, 3.05) is 39.3 Å². The average Bonchev–Trinajstić information content (AvgIpc) is 3.40. The van der Waals surface area contributed by atoms with E-state index in [0.29, 0.717) is 62.0 Å². The van der Waals surface area contributed by atoms with E-state index in [2.05, 4.69) is 0 Å². The molecule has 1 atom stereocenters. The summed E-state index contributed by atoms with van der Waals surface area (Å²) in [5, 5.41) is 0. The predicted molar refractivity (Wildman–Crippen MR) is 135 cm³/mol. The predicted octanol–water partition coefficient (Wildman–Crippen LogP) is 6.18. The van der Waals surface area contributed by atoms with Crippen LogP contribution in [-0.2, 0) is 4.79 Å². The van der Waals surface area contributed by atoms with Gasteiger partial charge < -0.3 is 14.5 Å². The summed E-state index contributed by atoms with van der Waals surface area (Å²) in [6, 6.07) is 7.19. The molecular formula is C29H36F4N2O2. The summed E-state index contributed by atoms with van der Waals surface area (Å²) in [7, 11) is 0. The van der Waals surface area contributed by atoms with Gasteiger partial charge in [0.15, 0.2) is 0 Å². The van der Waals surface area contributed by atoms with E-state index in [-0.39, 0.29) is 25.8 Å². The van der Waals surface area contributed by atoms with Crippen LogP contribution in [0.15, 0.2) is 42.5 Å². The maximum atomic E-state index is 16.1. The third-order valence-corrected chi connectivity index (χ3v) is 8.75. The highest BCUT2D eigenvalue weighted by molar-refractivity contribution is 6.00. The van der Waals surface area contributed by atoms with E-state index < -0.39 is 23.2 Å². The van der Waals surface area contributed by atoms with Crippen molar-refractivity contribution in [2.45, 2.75) is 63.2 Å². The van der Waals surface area contributed by atoms with E-state index in [4.69, 9.17) is 4.74 Å². The van der Waals surface area contributed by atoms with Crippen LogP contribution in [0.3, 0.4) is 0 Å². The fourth-order valence-electron chi connectivity index (χ4n) is 6.15. The van der Waals surface area contributed by atoms with Crippen molar-refractivity contribution in [2.24, 2.45) is 11.3 Å². The Morgan fingerprint density at radius 3 is 2.27 bits per heavy atom. The minimum absolute atomic E-state index is 0.0369. The molecule has 3 fully saturated rings. The molecule has 1 aromatic rings. The Bertz CT molecular complexity index is 1020. The standard InChI is InChI=1S/C29H36F4N2O2/c30-28(26(36)35-16-3-4-17-35)15-2-1-6-25(28)23-7-9-24(10-8-23)37-20-22-11-18-34(19-12-22)21-27(13-5-14-27)29(31,32)33/h1-2,6-10,22H,3-5,11-21H2/t28-/m0/s1. The van der Waals surface area contributed by atoms with Gasteiger partial charge in [0, 0.05) is 31.6 Å². The zero-order valence-corrected chi connectivity index (χ0v) is 21.2. The summed E-state index contributed by atoms with van der Waals surface area (Å²) in [5.41, 5.74) is -2.51. The second-order valence-corrected chi connectivity index (χ2v) is 11.2. The van der Waals surface area contributed by atoms with Crippen molar-refractivity contribution in [1.29, 1.82) is 0 Å². The normalized spacial score (nSPS) is 26.6. The number of carbonyl (C=O) groups excluding carboxylic acids is 1. The van der Waals surface area contributed by atoms with Crippen LogP contribution in [0.4, 0.5) is 17.6 Å². The molecule has 2 heterocycles. The molecule has 0 radical (unpaired) electrons. The lowest BCUT2D eigenvalue weighted by atomic mass is 9.67. The Morgan fingerprint density at radius 2 is 1.68 bits per heavy atom. The molecule has 202 valence electrons. The number of piperidine rings is 1. The Kier molecular flexibility index (Phi) is 7.40. The summed E-state index contributed by atoms with van der Waals surface area (Å²) >= 11 is 0. The molecule has 8 heteroatoms. The number of rotatable bonds is 7.